The van der Waals surface area contributed by atoms with Crippen molar-refractivity contribution in [1.29, 1.82) is 0 Å². The molecule has 0 unspecified atom stereocenters. The fourth-order valence-corrected chi connectivity index (χ4v) is 1.52. The van der Waals surface area contributed by atoms with Crippen LogP contribution in [0.2, 0.25) is 0 Å². The van der Waals surface area contributed by atoms with Crippen LogP contribution in [0.1, 0.15) is 5.56 Å². The van der Waals surface area contributed by atoms with E-state index in [4.69, 9.17) is 10.5 Å². The zero-order valence-electron chi connectivity index (χ0n) is 9.76. The second-order valence-corrected chi connectivity index (χ2v) is 3.71. The lowest BCUT2D eigenvalue weighted by Crippen LogP contribution is -2.23. The summed E-state index contributed by atoms with van der Waals surface area (Å²) in [5, 5.41) is 3.84. The number of nitrogen functional groups attached to an aromatic ring is 1. The van der Waals surface area contributed by atoms with Crippen molar-refractivity contribution >= 4 is 5.82 Å². The minimum absolute atomic E-state index is 0.0275. The molecule has 0 aliphatic rings. The molecule has 0 aliphatic heterocycles. The van der Waals surface area contributed by atoms with Crippen LogP contribution < -0.4 is 16.0 Å². The second kappa shape index (κ2) is 4.87. The van der Waals surface area contributed by atoms with Gasteiger partial charge in [-0.1, -0.05) is 6.07 Å². The van der Waals surface area contributed by atoms with Gasteiger partial charge in [0.25, 0.3) is 5.56 Å². The van der Waals surface area contributed by atoms with Gasteiger partial charge in [0.2, 0.25) is 0 Å². The monoisotopic (exact) mass is 249 g/mol. The Hall–Kier alpha value is -2.37. The highest BCUT2D eigenvalue weighted by Gasteiger charge is 2.06. The number of benzene rings is 1. The Balaban J connectivity index is 2.34. The van der Waals surface area contributed by atoms with Gasteiger partial charge in [-0.05, 0) is 12.1 Å². The Morgan fingerprint density at radius 1 is 1.39 bits per heavy atom. The molecule has 18 heavy (non-hydrogen) atoms. The summed E-state index contributed by atoms with van der Waals surface area (Å²) in [7, 11) is 1.46. The quantitative estimate of drug-likeness (QED) is 0.881. The highest BCUT2D eigenvalue weighted by molar-refractivity contribution is 5.29. The number of ether oxygens (including phenoxy) is 1. The average Bonchev–Trinajstić information content (AvgIpc) is 2.36. The summed E-state index contributed by atoms with van der Waals surface area (Å²) >= 11 is 0. The van der Waals surface area contributed by atoms with E-state index >= 15 is 0 Å². The van der Waals surface area contributed by atoms with E-state index in [1.807, 2.05) is 0 Å². The van der Waals surface area contributed by atoms with Crippen molar-refractivity contribution in [2.24, 2.45) is 0 Å². The first-order valence-corrected chi connectivity index (χ1v) is 5.26. The summed E-state index contributed by atoms with van der Waals surface area (Å²) < 4.78 is 19.7. The third-order valence-electron chi connectivity index (χ3n) is 2.47. The van der Waals surface area contributed by atoms with Crippen molar-refractivity contribution < 1.29 is 9.13 Å². The molecular weight excluding hydrogens is 237 g/mol. The van der Waals surface area contributed by atoms with Crippen molar-refractivity contribution in [2.45, 2.75) is 6.54 Å². The first kappa shape index (κ1) is 12.1. The van der Waals surface area contributed by atoms with Crippen LogP contribution in [-0.2, 0) is 6.54 Å². The van der Waals surface area contributed by atoms with Crippen molar-refractivity contribution in [3.8, 4) is 5.75 Å². The summed E-state index contributed by atoms with van der Waals surface area (Å²) in [4.78, 5) is 11.5. The summed E-state index contributed by atoms with van der Waals surface area (Å²) in [5.41, 5.74) is 5.49. The maximum atomic E-state index is 13.7. The zero-order valence-corrected chi connectivity index (χ0v) is 9.76. The van der Waals surface area contributed by atoms with Crippen molar-refractivity contribution in [1.82, 2.24) is 9.78 Å². The molecule has 0 bridgehead atoms. The first-order valence-electron chi connectivity index (χ1n) is 5.26. The number of hydrogen-bond donors (Lipinski definition) is 1. The highest BCUT2D eigenvalue weighted by atomic mass is 19.1. The lowest BCUT2D eigenvalue weighted by molar-refractivity contribution is 0.410. The molecule has 0 radical (unpaired) electrons. The number of rotatable bonds is 3. The first-order chi connectivity index (χ1) is 8.60. The molecule has 94 valence electrons. The van der Waals surface area contributed by atoms with Crippen molar-refractivity contribution in [2.75, 3.05) is 12.8 Å². The largest absolute Gasteiger partial charge is 0.497 e. The Morgan fingerprint density at radius 3 is 2.83 bits per heavy atom. The fourth-order valence-electron chi connectivity index (χ4n) is 1.52. The number of aromatic nitrogens is 2. The minimum atomic E-state index is -0.453. The predicted octanol–water partition coefficient (Wildman–Crippen LogP) is 1.02. The standard InChI is InChI=1S/C12H12FN3O2/c1-18-9-3-2-8(10(13)6-9)7-16-12(17)5-4-11(14)15-16/h2-6H,7H2,1H3,(H2,14,15). The van der Waals surface area contributed by atoms with Crippen LogP contribution in [0.5, 0.6) is 5.75 Å². The molecule has 2 rings (SSSR count). The Kier molecular flexibility index (Phi) is 3.27. The maximum Gasteiger partial charge on any atom is 0.267 e. The summed E-state index contributed by atoms with van der Waals surface area (Å²) in [6.07, 6.45) is 0. The molecule has 1 heterocycles. The molecule has 1 aromatic carbocycles. The molecule has 1 aromatic heterocycles. The molecule has 0 aliphatic carbocycles. The molecule has 0 spiro atoms. The van der Waals surface area contributed by atoms with Gasteiger partial charge in [-0.3, -0.25) is 4.79 Å². The van der Waals surface area contributed by atoms with Crippen LogP contribution in [0.3, 0.4) is 0 Å². The van der Waals surface area contributed by atoms with Crippen LogP contribution in [0, 0.1) is 5.82 Å². The second-order valence-electron chi connectivity index (χ2n) is 3.71. The molecular formula is C12H12FN3O2. The molecule has 0 saturated heterocycles. The van der Waals surface area contributed by atoms with Gasteiger partial charge in [-0.2, -0.15) is 5.10 Å². The van der Waals surface area contributed by atoms with Crippen LogP contribution in [0.15, 0.2) is 35.1 Å². The van der Waals surface area contributed by atoms with Gasteiger partial charge >= 0.3 is 0 Å². The molecule has 0 saturated carbocycles. The van der Waals surface area contributed by atoms with Crippen LogP contribution in [0.25, 0.3) is 0 Å². The Morgan fingerprint density at radius 2 is 2.17 bits per heavy atom. The van der Waals surface area contributed by atoms with Crippen LogP contribution in [0.4, 0.5) is 10.2 Å². The number of nitrogens with two attached hydrogens (primary N) is 1. The third-order valence-corrected chi connectivity index (χ3v) is 2.47. The molecule has 0 atom stereocenters. The molecule has 5 nitrogen and oxygen atoms in total. The number of anilines is 1. The lowest BCUT2D eigenvalue weighted by Gasteiger charge is -2.07. The van der Waals surface area contributed by atoms with Gasteiger partial charge in [0, 0.05) is 17.7 Å². The van der Waals surface area contributed by atoms with Gasteiger partial charge < -0.3 is 10.5 Å². The SMILES string of the molecule is COc1ccc(Cn2nc(N)ccc2=O)c(F)c1. The maximum absolute atomic E-state index is 13.7. The van der Waals surface area contributed by atoms with E-state index in [0.717, 1.165) is 4.68 Å². The topological polar surface area (TPSA) is 70.1 Å². The zero-order chi connectivity index (χ0) is 13.1. The number of halogens is 1. The van der Waals surface area contributed by atoms with Crippen molar-refractivity contribution in [3.63, 3.8) is 0 Å². The van der Waals surface area contributed by atoms with E-state index in [1.165, 1.54) is 25.3 Å². The highest BCUT2D eigenvalue weighted by Crippen LogP contribution is 2.16. The summed E-state index contributed by atoms with van der Waals surface area (Å²) in [6, 6.07) is 7.13. The number of hydrogen-bond acceptors (Lipinski definition) is 4. The van der Waals surface area contributed by atoms with E-state index in [9.17, 15) is 9.18 Å². The number of methoxy groups -OCH3 is 1. The predicted molar refractivity (Wildman–Crippen MR) is 65.0 cm³/mol. The van der Waals surface area contributed by atoms with Gasteiger partial charge in [0.15, 0.2) is 0 Å². The smallest absolute Gasteiger partial charge is 0.267 e. The molecule has 0 amide bonds. The van der Waals surface area contributed by atoms with E-state index in [1.54, 1.807) is 12.1 Å². The number of nitrogens with zero attached hydrogens (tertiary/aromatic N) is 2. The molecule has 2 aromatic rings. The van der Waals surface area contributed by atoms with Gasteiger partial charge in [0.05, 0.1) is 13.7 Å². The van der Waals surface area contributed by atoms with E-state index in [0.29, 0.717) is 11.3 Å². The van der Waals surface area contributed by atoms with E-state index < -0.39 is 5.82 Å². The molecule has 6 heteroatoms. The lowest BCUT2D eigenvalue weighted by atomic mass is 10.2. The van der Waals surface area contributed by atoms with Gasteiger partial charge in [0.1, 0.15) is 17.4 Å². The minimum Gasteiger partial charge on any atom is -0.497 e. The van der Waals surface area contributed by atoms with Crippen molar-refractivity contribution in [3.05, 3.63) is 52.1 Å². The Bertz CT molecular complexity index is 625. The molecule has 0 fully saturated rings. The summed E-state index contributed by atoms with van der Waals surface area (Å²) in [5.74, 6) is 0.179. The fraction of sp³-hybridized carbons (Fsp3) is 0.167. The van der Waals surface area contributed by atoms with Gasteiger partial charge in [-0.15, -0.1) is 0 Å². The third kappa shape index (κ3) is 2.48. The Labute approximate surface area is 103 Å². The summed E-state index contributed by atoms with van der Waals surface area (Å²) in [6.45, 7) is 0.0275. The van der Waals surface area contributed by atoms with E-state index in [2.05, 4.69) is 5.10 Å². The van der Waals surface area contributed by atoms with Gasteiger partial charge in [-0.25, -0.2) is 9.07 Å². The van der Waals surface area contributed by atoms with Crippen LogP contribution >= 0.6 is 0 Å². The normalized spacial score (nSPS) is 10.3. The van der Waals surface area contributed by atoms with E-state index in [-0.39, 0.29) is 17.9 Å². The average molecular weight is 249 g/mol. The van der Waals surface area contributed by atoms with Crippen LogP contribution in [-0.4, -0.2) is 16.9 Å². The molecule has 2 N–H and O–H groups in total.